The molecule has 2 atom stereocenters. The fourth-order valence-corrected chi connectivity index (χ4v) is 1.45. The zero-order chi connectivity index (χ0) is 7.12. The highest BCUT2D eigenvalue weighted by Gasteiger charge is 2.58. The molecule has 0 aromatic heterocycles. The summed E-state index contributed by atoms with van der Waals surface area (Å²) in [5.41, 5.74) is 11.8. The van der Waals surface area contributed by atoms with E-state index >= 15 is 0 Å². The molecule has 9 heavy (non-hydrogen) atoms. The molecule has 2 unspecified atom stereocenters. The Balaban J connectivity index is 2.54. The first-order chi connectivity index (χ1) is 4.08. The third kappa shape index (κ3) is 0.775. The second-order valence-electron chi connectivity index (χ2n) is 3.71. The van der Waals surface area contributed by atoms with Crippen LogP contribution in [0, 0.1) is 10.8 Å². The first-order valence-corrected chi connectivity index (χ1v) is 3.48. The highest BCUT2D eigenvalue weighted by molar-refractivity contribution is 5.10. The standard InChI is InChI=1S/C7H16N2/c1-6(4-8)3-7(6,2)5-9/h3-5,8-9H2,1-2H3. The average Bonchev–Trinajstić information content (AvgIpc) is 2.39. The number of hydrogen-bond donors (Lipinski definition) is 2. The van der Waals surface area contributed by atoms with E-state index in [1.807, 2.05) is 0 Å². The summed E-state index contributed by atoms with van der Waals surface area (Å²) in [6, 6.07) is 0. The molecule has 1 aliphatic rings. The van der Waals surface area contributed by atoms with Crippen LogP contribution in [0.1, 0.15) is 20.3 Å². The molecule has 0 amide bonds. The van der Waals surface area contributed by atoms with Crippen LogP contribution >= 0.6 is 0 Å². The molecule has 0 radical (unpaired) electrons. The van der Waals surface area contributed by atoms with Gasteiger partial charge < -0.3 is 11.5 Å². The lowest BCUT2D eigenvalue weighted by atomic mass is 9.97. The molecule has 1 rings (SSSR count). The predicted molar refractivity (Wildman–Crippen MR) is 38.9 cm³/mol. The van der Waals surface area contributed by atoms with Crippen LogP contribution in [0.15, 0.2) is 0 Å². The fourth-order valence-electron chi connectivity index (χ4n) is 1.45. The van der Waals surface area contributed by atoms with Gasteiger partial charge >= 0.3 is 0 Å². The molecule has 54 valence electrons. The third-order valence-electron chi connectivity index (χ3n) is 3.01. The predicted octanol–water partition coefficient (Wildman–Crippen LogP) is 0.320. The maximum Gasteiger partial charge on any atom is -0.00173 e. The summed E-state index contributed by atoms with van der Waals surface area (Å²) < 4.78 is 0. The van der Waals surface area contributed by atoms with Crippen LogP contribution in [-0.4, -0.2) is 13.1 Å². The van der Waals surface area contributed by atoms with E-state index in [4.69, 9.17) is 11.5 Å². The van der Waals surface area contributed by atoms with Crippen molar-refractivity contribution in [3.05, 3.63) is 0 Å². The first kappa shape index (κ1) is 7.03. The molecular formula is C7H16N2. The van der Waals surface area contributed by atoms with Gasteiger partial charge in [0.15, 0.2) is 0 Å². The Morgan fingerprint density at radius 1 is 1.11 bits per heavy atom. The quantitative estimate of drug-likeness (QED) is 0.562. The molecule has 0 aliphatic heterocycles. The van der Waals surface area contributed by atoms with E-state index < -0.39 is 0 Å². The van der Waals surface area contributed by atoms with Crippen molar-refractivity contribution in [1.29, 1.82) is 0 Å². The summed E-state index contributed by atoms with van der Waals surface area (Å²) >= 11 is 0. The van der Waals surface area contributed by atoms with Gasteiger partial charge in [0.1, 0.15) is 0 Å². The Kier molecular flexibility index (Phi) is 1.33. The lowest BCUT2D eigenvalue weighted by Gasteiger charge is -2.13. The van der Waals surface area contributed by atoms with Crippen molar-refractivity contribution in [2.75, 3.05) is 13.1 Å². The van der Waals surface area contributed by atoms with Crippen molar-refractivity contribution >= 4 is 0 Å². The Labute approximate surface area is 56.6 Å². The van der Waals surface area contributed by atoms with Gasteiger partial charge in [-0.15, -0.1) is 0 Å². The van der Waals surface area contributed by atoms with Gasteiger partial charge in [-0.2, -0.15) is 0 Å². The zero-order valence-electron chi connectivity index (χ0n) is 6.28. The minimum atomic E-state index is 0.349. The second-order valence-corrected chi connectivity index (χ2v) is 3.71. The van der Waals surface area contributed by atoms with Crippen LogP contribution in [0.4, 0.5) is 0 Å². The SMILES string of the molecule is CC1(CN)CC1(C)CN. The van der Waals surface area contributed by atoms with Gasteiger partial charge in [-0.3, -0.25) is 0 Å². The molecule has 1 saturated carbocycles. The van der Waals surface area contributed by atoms with Crippen LogP contribution in [0.3, 0.4) is 0 Å². The Hall–Kier alpha value is -0.0800. The van der Waals surface area contributed by atoms with Crippen molar-refractivity contribution in [1.82, 2.24) is 0 Å². The average molecular weight is 128 g/mol. The van der Waals surface area contributed by atoms with Crippen LogP contribution in [-0.2, 0) is 0 Å². The Morgan fingerprint density at radius 3 is 1.56 bits per heavy atom. The molecule has 1 aliphatic carbocycles. The van der Waals surface area contributed by atoms with E-state index in [1.54, 1.807) is 0 Å². The minimum absolute atomic E-state index is 0.349. The summed E-state index contributed by atoms with van der Waals surface area (Å²) in [5.74, 6) is 0. The highest BCUT2D eigenvalue weighted by atomic mass is 14.8. The summed E-state index contributed by atoms with van der Waals surface area (Å²) in [7, 11) is 0. The Morgan fingerprint density at radius 2 is 1.44 bits per heavy atom. The smallest absolute Gasteiger partial charge is 0.00173 e. The molecule has 0 bridgehead atoms. The van der Waals surface area contributed by atoms with Gasteiger partial charge in [0, 0.05) is 0 Å². The van der Waals surface area contributed by atoms with Gasteiger partial charge in [0.25, 0.3) is 0 Å². The summed E-state index contributed by atoms with van der Waals surface area (Å²) in [4.78, 5) is 0. The molecule has 0 heterocycles. The van der Waals surface area contributed by atoms with Crippen molar-refractivity contribution < 1.29 is 0 Å². The van der Waals surface area contributed by atoms with E-state index in [2.05, 4.69) is 13.8 Å². The molecule has 0 spiro atoms. The largest absolute Gasteiger partial charge is 0.330 e. The summed E-state index contributed by atoms with van der Waals surface area (Å²) in [5, 5.41) is 0. The van der Waals surface area contributed by atoms with E-state index in [1.165, 1.54) is 6.42 Å². The Bertz CT molecular complexity index is 110. The van der Waals surface area contributed by atoms with Gasteiger partial charge in [0.2, 0.25) is 0 Å². The van der Waals surface area contributed by atoms with Crippen molar-refractivity contribution in [3.63, 3.8) is 0 Å². The third-order valence-corrected chi connectivity index (χ3v) is 3.01. The molecule has 1 fully saturated rings. The second kappa shape index (κ2) is 1.70. The lowest BCUT2D eigenvalue weighted by Crippen LogP contribution is -2.24. The maximum atomic E-state index is 5.56. The fraction of sp³-hybridized carbons (Fsp3) is 1.00. The van der Waals surface area contributed by atoms with Gasteiger partial charge in [-0.1, -0.05) is 13.8 Å². The van der Waals surface area contributed by atoms with Gasteiger partial charge in [0.05, 0.1) is 0 Å². The highest BCUT2D eigenvalue weighted by Crippen LogP contribution is 2.61. The van der Waals surface area contributed by atoms with E-state index in [-0.39, 0.29) is 0 Å². The monoisotopic (exact) mass is 128 g/mol. The molecule has 2 heteroatoms. The van der Waals surface area contributed by atoms with Gasteiger partial charge in [-0.05, 0) is 30.3 Å². The van der Waals surface area contributed by atoms with E-state index in [0.717, 1.165) is 13.1 Å². The minimum Gasteiger partial charge on any atom is -0.330 e. The molecule has 0 saturated heterocycles. The van der Waals surface area contributed by atoms with Crippen molar-refractivity contribution in [2.45, 2.75) is 20.3 Å². The van der Waals surface area contributed by atoms with Crippen LogP contribution in [0.2, 0.25) is 0 Å². The summed E-state index contributed by atoms with van der Waals surface area (Å²) in [6.07, 6.45) is 1.20. The summed E-state index contributed by atoms with van der Waals surface area (Å²) in [6.45, 7) is 5.97. The van der Waals surface area contributed by atoms with Crippen LogP contribution in [0.5, 0.6) is 0 Å². The van der Waals surface area contributed by atoms with Crippen molar-refractivity contribution in [3.8, 4) is 0 Å². The normalized spacial score (nSPS) is 49.3. The van der Waals surface area contributed by atoms with Gasteiger partial charge in [-0.25, -0.2) is 0 Å². The van der Waals surface area contributed by atoms with Crippen LogP contribution < -0.4 is 11.5 Å². The number of hydrogen-bond acceptors (Lipinski definition) is 2. The molecule has 4 N–H and O–H groups in total. The zero-order valence-corrected chi connectivity index (χ0v) is 6.28. The number of nitrogens with two attached hydrogens (primary N) is 2. The molecule has 0 aromatic rings. The first-order valence-electron chi connectivity index (χ1n) is 3.48. The topological polar surface area (TPSA) is 52.0 Å². The molecule has 2 nitrogen and oxygen atoms in total. The molecule has 0 aromatic carbocycles. The molecular weight excluding hydrogens is 112 g/mol. The van der Waals surface area contributed by atoms with Crippen LogP contribution in [0.25, 0.3) is 0 Å². The maximum absolute atomic E-state index is 5.56. The van der Waals surface area contributed by atoms with E-state index in [9.17, 15) is 0 Å². The number of rotatable bonds is 2. The lowest BCUT2D eigenvalue weighted by molar-refractivity contribution is 0.405. The van der Waals surface area contributed by atoms with Crippen molar-refractivity contribution in [2.24, 2.45) is 22.3 Å². The van der Waals surface area contributed by atoms with E-state index in [0.29, 0.717) is 10.8 Å².